The standard InChI is InChI=1S/C13H10O6S/c14-13(15)9-1-3-10(4-2-9)19-11-5-7-12(8-6-11)20(16,17)18/h1-8H,(H,14,15)(H,16,17,18)/p-1. The van der Waals surface area contributed by atoms with Crippen LogP contribution in [-0.4, -0.2) is 24.0 Å². The minimum Gasteiger partial charge on any atom is -0.744 e. The Hall–Kier alpha value is -2.38. The van der Waals surface area contributed by atoms with Gasteiger partial charge in [-0.25, -0.2) is 13.2 Å². The molecular formula is C13H9O6S-. The van der Waals surface area contributed by atoms with Crippen LogP contribution in [0.4, 0.5) is 0 Å². The number of hydrogen-bond acceptors (Lipinski definition) is 5. The summed E-state index contributed by atoms with van der Waals surface area (Å²) in [7, 11) is -4.48. The summed E-state index contributed by atoms with van der Waals surface area (Å²) < 4.78 is 37.6. The van der Waals surface area contributed by atoms with E-state index in [0.717, 1.165) is 12.1 Å². The van der Waals surface area contributed by atoms with Crippen molar-refractivity contribution in [3.63, 3.8) is 0 Å². The highest BCUT2D eigenvalue weighted by molar-refractivity contribution is 7.85. The molecule has 2 aromatic carbocycles. The van der Waals surface area contributed by atoms with E-state index in [1.807, 2.05) is 0 Å². The van der Waals surface area contributed by atoms with Crippen molar-refractivity contribution in [1.82, 2.24) is 0 Å². The van der Waals surface area contributed by atoms with Gasteiger partial charge >= 0.3 is 5.97 Å². The fraction of sp³-hybridized carbons (Fsp3) is 0. The Bertz CT molecular complexity index is 716. The van der Waals surface area contributed by atoms with Crippen LogP contribution in [0.3, 0.4) is 0 Å². The highest BCUT2D eigenvalue weighted by atomic mass is 32.2. The average Bonchev–Trinajstić information content (AvgIpc) is 2.39. The van der Waals surface area contributed by atoms with Crippen LogP contribution in [0.5, 0.6) is 11.5 Å². The molecular weight excluding hydrogens is 284 g/mol. The van der Waals surface area contributed by atoms with Crippen LogP contribution in [-0.2, 0) is 10.1 Å². The summed E-state index contributed by atoms with van der Waals surface area (Å²) in [5, 5.41) is 8.74. The Kier molecular flexibility index (Phi) is 3.73. The highest BCUT2D eigenvalue weighted by Crippen LogP contribution is 2.23. The van der Waals surface area contributed by atoms with Gasteiger partial charge in [-0.15, -0.1) is 0 Å². The SMILES string of the molecule is O=C(O)c1ccc(Oc2ccc(S(=O)(=O)[O-])cc2)cc1. The lowest BCUT2D eigenvalue weighted by atomic mass is 10.2. The molecule has 0 aromatic heterocycles. The van der Waals surface area contributed by atoms with Crippen molar-refractivity contribution in [2.75, 3.05) is 0 Å². The third kappa shape index (κ3) is 3.34. The zero-order valence-corrected chi connectivity index (χ0v) is 10.8. The molecule has 0 atom stereocenters. The predicted octanol–water partition coefficient (Wildman–Crippen LogP) is 2.08. The number of ether oxygens (including phenoxy) is 1. The summed E-state index contributed by atoms with van der Waals surface area (Å²) in [6.07, 6.45) is 0. The average molecular weight is 293 g/mol. The van der Waals surface area contributed by atoms with Gasteiger partial charge in [0.25, 0.3) is 0 Å². The molecule has 0 amide bonds. The molecule has 0 unspecified atom stereocenters. The van der Waals surface area contributed by atoms with Gasteiger partial charge in [0.15, 0.2) is 0 Å². The molecule has 104 valence electrons. The molecule has 0 spiro atoms. The van der Waals surface area contributed by atoms with E-state index in [0.29, 0.717) is 11.5 Å². The maximum Gasteiger partial charge on any atom is 0.335 e. The van der Waals surface area contributed by atoms with E-state index in [1.54, 1.807) is 0 Å². The van der Waals surface area contributed by atoms with Gasteiger partial charge in [0.1, 0.15) is 21.6 Å². The Morgan fingerprint density at radius 1 is 0.950 bits per heavy atom. The molecule has 0 saturated carbocycles. The summed E-state index contributed by atoms with van der Waals surface area (Å²) in [4.78, 5) is 10.3. The molecule has 20 heavy (non-hydrogen) atoms. The fourth-order valence-corrected chi connectivity index (χ4v) is 1.95. The third-order valence-electron chi connectivity index (χ3n) is 2.45. The lowest BCUT2D eigenvalue weighted by molar-refractivity contribution is 0.0697. The van der Waals surface area contributed by atoms with E-state index in [-0.39, 0.29) is 10.5 Å². The molecule has 0 bridgehead atoms. The molecule has 2 aromatic rings. The third-order valence-corrected chi connectivity index (χ3v) is 3.30. The van der Waals surface area contributed by atoms with Crippen LogP contribution in [0.15, 0.2) is 53.4 Å². The van der Waals surface area contributed by atoms with E-state index in [4.69, 9.17) is 9.84 Å². The van der Waals surface area contributed by atoms with Gasteiger partial charge in [0, 0.05) is 0 Å². The lowest BCUT2D eigenvalue weighted by Gasteiger charge is -2.09. The van der Waals surface area contributed by atoms with Crippen LogP contribution in [0.25, 0.3) is 0 Å². The second-order valence-electron chi connectivity index (χ2n) is 3.86. The number of carboxylic acids is 1. The fourth-order valence-electron chi connectivity index (χ4n) is 1.48. The molecule has 0 saturated heterocycles. The summed E-state index contributed by atoms with van der Waals surface area (Å²) in [6, 6.07) is 10.7. The van der Waals surface area contributed by atoms with E-state index in [9.17, 15) is 17.8 Å². The normalized spacial score (nSPS) is 11.1. The molecule has 0 fully saturated rings. The van der Waals surface area contributed by atoms with E-state index in [2.05, 4.69) is 0 Å². The number of hydrogen-bond donors (Lipinski definition) is 1. The molecule has 0 radical (unpaired) electrons. The van der Waals surface area contributed by atoms with E-state index in [1.165, 1.54) is 36.4 Å². The van der Waals surface area contributed by atoms with Crippen LogP contribution < -0.4 is 4.74 Å². The quantitative estimate of drug-likeness (QED) is 0.865. The van der Waals surface area contributed by atoms with Crippen molar-refractivity contribution in [1.29, 1.82) is 0 Å². The maximum absolute atomic E-state index is 10.8. The zero-order chi connectivity index (χ0) is 14.8. The lowest BCUT2D eigenvalue weighted by Crippen LogP contribution is -1.98. The topological polar surface area (TPSA) is 104 Å². The first kappa shape index (κ1) is 14.0. The minimum atomic E-state index is -4.48. The van der Waals surface area contributed by atoms with Gasteiger partial charge in [-0.05, 0) is 48.5 Å². The van der Waals surface area contributed by atoms with Crippen molar-refractivity contribution in [3.8, 4) is 11.5 Å². The summed E-state index contributed by atoms with van der Waals surface area (Å²) in [6.45, 7) is 0. The molecule has 1 N–H and O–H groups in total. The summed E-state index contributed by atoms with van der Waals surface area (Å²) in [5.41, 5.74) is 0.130. The number of carboxylic acid groups (broad SMARTS) is 1. The number of rotatable bonds is 4. The second-order valence-corrected chi connectivity index (χ2v) is 5.24. The first-order valence-electron chi connectivity index (χ1n) is 5.43. The van der Waals surface area contributed by atoms with Crippen LogP contribution in [0.1, 0.15) is 10.4 Å². The van der Waals surface area contributed by atoms with Crippen molar-refractivity contribution in [3.05, 3.63) is 54.1 Å². The Balaban J connectivity index is 2.16. The van der Waals surface area contributed by atoms with Crippen molar-refractivity contribution >= 4 is 16.1 Å². The van der Waals surface area contributed by atoms with Gasteiger partial charge in [-0.2, -0.15) is 0 Å². The molecule has 0 heterocycles. The molecule has 2 rings (SSSR count). The molecule has 0 aliphatic heterocycles. The van der Waals surface area contributed by atoms with Gasteiger partial charge in [-0.1, -0.05) is 0 Å². The van der Waals surface area contributed by atoms with Gasteiger partial charge in [0.05, 0.1) is 10.5 Å². The summed E-state index contributed by atoms with van der Waals surface area (Å²) >= 11 is 0. The Morgan fingerprint density at radius 2 is 1.40 bits per heavy atom. The van der Waals surface area contributed by atoms with Crippen molar-refractivity contribution in [2.45, 2.75) is 4.90 Å². The van der Waals surface area contributed by atoms with Crippen LogP contribution in [0.2, 0.25) is 0 Å². The predicted molar refractivity (Wildman–Crippen MR) is 67.9 cm³/mol. The highest BCUT2D eigenvalue weighted by Gasteiger charge is 2.04. The molecule has 7 heteroatoms. The van der Waals surface area contributed by atoms with Gasteiger partial charge in [0.2, 0.25) is 0 Å². The molecule has 0 aliphatic carbocycles. The smallest absolute Gasteiger partial charge is 0.335 e. The number of benzene rings is 2. The van der Waals surface area contributed by atoms with Gasteiger partial charge < -0.3 is 14.4 Å². The monoisotopic (exact) mass is 293 g/mol. The summed E-state index contributed by atoms with van der Waals surface area (Å²) in [5.74, 6) is -0.310. The van der Waals surface area contributed by atoms with Gasteiger partial charge in [-0.3, -0.25) is 0 Å². The molecule has 0 aliphatic rings. The van der Waals surface area contributed by atoms with Crippen LogP contribution in [0, 0.1) is 0 Å². The van der Waals surface area contributed by atoms with Crippen LogP contribution >= 0.6 is 0 Å². The minimum absolute atomic E-state index is 0.130. The Morgan fingerprint density at radius 3 is 1.80 bits per heavy atom. The number of carbonyl (C=O) groups is 1. The first-order valence-corrected chi connectivity index (χ1v) is 6.84. The maximum atomic E-state index is 10.8. The van der Waals surface area contributed by atoms with E-state index < -0.39 is 16.1 Å². The zero-order valence-electron chi connectivity index (χ0n) is 10.0. The van der Waals surface area contributed by atoms with Crippen molar-refractivity contribution in [2.24, 2.45) is 0 Å². The number of aromatic carboxylic acids is 1. The molecule has 6 nitrogen and oxygen atoms in total. The first-order chi connectivity index (χ1) is 9.36. The largest absolute Gasteiger partial charge is 0.744 e. The second kappa shape index (κ2) is 5.32. The Labute approximate surface area is 115 Å². The van der Waals surface area contributed by atoms with Crippen molar-refractivity contribution < 1.29 is 27.6 Å². The van der Waals surface area contributed by atoms with E-state index >= 15 is 0 Å².